The Bertz CT molecular complexity index is 916. The van der Waals surface area contributed by atoms with Gasteiger partial charge in [0.2, 0.25) is 11.9 Å². The van der Waals surface area contributed by atoms with Crippen molar-refractivity contribution in [3.05, 3.63) is 24.0 Å². The fourth-order valence-corrected chi connectivity index (χ4v) is 4.52. The number of pyridine rings is 1. The number of nitrogens with two attached hydrogens (primary N) is 2. The second kappa shape index (κ2) is 9.05. The van der Waals surface area contributed by atoms with Crippen LogP contribution in [-0.2, 0) is 4.79 Å². The van der Waals surface area contributed by atoms with Crippen LogP contribution in [0, 0.1) is 12.8 Å². The van der Waals surface area contributed by atoms with Crippen molar-refractivity contribution < 1.29 is 4.79 Å². The molecule has 9 heteroatoms. The topological polar surface area (TPSA) is 126 Å². The van der Waals surface area contributed by atoms with E-state index in [0.717, 1.165) is 74.5 Å². The zero-order valence-corrected chi connectivity index (χ0v) is 18.3. The number of aromatic nitrogens is 3. The molecule has 2 aliphatic rings. The Labute approximate surface area is 183 Å². The summed E-state index contributed by atoms with van der Waals surface area (Å²) in [6.07, 6.45) is 5.39. The van der Waals surface area contributed by atoms with E-state index in [4.69, 9.17) is 11.5 Å². The van der Waals surface area contributed by atoms with Gasteiger partial charge in [0.15, 0.2) is 0 Å². The van der Waals surface area contributed by atoms with Gasteiger partial charge in [0.05, 0.1) is 5.69 Å². The van der Waals surface area contributed by atoms with Crippen molar-refractivity contribution in [1.82, 2.24) is 25.2 Å². The molecule has 0 bridgehead atoms. The van der Waals surface area contributed by atoms with Gasteiger partial charge in [0.25, 0.3) is 0 Å². The van der Waals surface area contributed by atoms with Crippen LogP contribution >= 0.6 is 0 Å². The van der Waals surface area contributed by atoms with E-state index in [2.05, 4.69) is 37.1 Å². The van der Waals surface area contributed by atoms with Gasteiger partial charge < -0.3 is 26.6 Å². The maximum atomic E-state index is 12.7. The fourth-order valence-electron chi connectivity index (χ4n) is 4.52. The minimum Gasteiger partial charge on any atom is -0.384 e. The van der Waals surface area contributed by atoms with Crippen molar-refractivity contribution in [2.75, 3.05) is 49.6 Å². The largest absolute Gasteiger partial charge is 0.384 e. The highest BCUT2D eigenvalue weighted by molar-refractivity contribution is 5.80. The summed E-state index contributed by atoms with van der Waals surface area (Å²) in [6, 6.07) is 3.91. The number of nitrogen functional groups attached to an aromatic ring is 2. The highest BCUT2D eigenvalue weighted by Crippen LogP contribution is 2.33. The second-order valence-electron chi connectivity index (χ2n) is 8.69. The molecular weight excluding hydrogens is 392 g/mol. The molecular formula is C22H32N8O. The van der Waals surface area contributed by atoms with Gasteiger partial charge in [-0.3, -0.25) is 4.79 Å². The summed E-state index contributed by atoms with van der Waals surface area (Å²) in [4.78, 5) is 30.3. The number of anilines is 3. The lowest BCUT2D eigenvalue weighted by Gasteiger charge is -2.35. The molecule has 2 aromatic heterocycles. The number of nitrogens with zero attached hydrogens (tertiary/aromatic N) is 5. The predicted molar refractivity (Wildman–Crippen MR) is 122 cm³/mol. The number of nitrogens with one attached hydrogen (secondary N) is 1. The SMILES string of the molecule is Cc1nc(N)nc(N2CCC(NC(=O)C3CCN(C)CC3)CC2)c1-c1ccc(N)nc1. The summed E-state index contributed by atoms with van der Waals surface area (Å²) >= 11 is 0. The molecule has 0 aliphatic carbocycles. The van der Waals surface area contributed by atoms with Crippen molar-refractivity contribution in [1.29, 1.82) is 0 Å². The Morgan fingerprint density at radius 1 is 1.06 bits per heavy atom. The van der Waals surface area contributed by atoms with E-state index >= 15 is 0 Å². The molecule has 0 unspecified atom stereocenters. The minimum atomic E-state index is 0.142. The number of amides is 1. The lowest BCUT2D eigenvalue weighted by molar-refractivity contribution is -0.127. The number of rotatable bonds is 4. The van der Waals surface area contributed by atoms with E-state index < -0.39 is 0 Å². The van der Waals surface area contributed by atoms with E-state index in [1.165, 1.54) is 0 Å². The van der Waals surface area contributed by atoms with Crippen LogP contribution in [0.15, 0.2) is 18.3 Å². The first kappa shape index (κ1) is 21.3. The van der Waals surface area contributed by atoms with Crippen molar-refractivity contribution in [3.8, 4) is 11.1 Å². The predicted octanol–water partition coefficient (Wildman–Crippen LogP) is 1.44. The molecule has 2 saturated heterocycles. The minimum absolute atomic E-state index is 0.142. The molecule has 0 atom stereocenters. The van der Waals surface area contributed by atoms with Gasteiger partial charge in [-0.1, -0.05) is 0 Å². The first-order chi connectivity index (χ1) is 14.9. The Balaban J connectivity index is 1.44. The quantitative estimate of drug-likeness (QED) is 0.673. The molecule has 2 aromatic rings. The first-order valence-electron chi connectivity index (χ1n) is 11.0. The zero-order valence-electron chi connectivity index (χ0n) is 18.3. The van der Waals surface area contributed by atoms with Crippen molar-refractivity contribution in [2.45, 2.75) is 38.6 Å². The zero-order chi connectivity index (χ0) is 22.0. The van der Waals surface area contributed by atoms with Gasteiger partial charge in [-0.05, 0) is 64.9 Å². The monoisotopic (exact) mass is 424 g/mol. The van der Waals surface area contributed by atoms with Crippen LogP contribution in [0.25, 0.3) is 11.1 Å². The van der Waals surface area contributed by atoms with Gasteiger partial charge in [0, 0.05) is 42.4 Å². The van der Waals surface area contributed by atoms with Gasteiger partial charge in [-0.15, -0.1) is 0 Å². The standard InChI is InChI=1S/C22H32N8O/c1-14-19(16-3-4-18(23)25-13-16)20(28-22(24)26-14)30-11-7-17(8-12-30)27-21(31)15-5-9-29(2)10-6-15/h3-4,13,15,17H,5-12H2,1-2H3,(H2,23,25)(H,27,31)(H2,24,26,28). The van der Waals surface area contributed by atoms with Crippen molar-refractivity contribution in [3.63, 3.8) is 0 Å². The number of hydrogen-bond acceptors (Lipinski definition) is 8. The Kier molecular flexibility index (Phi) is 6.22. The van der Waals surface area contributed by atoms with E-state index in [1.54, 1.807) is 12.3 Å². The lowest BCUT2D eigenvalue weighted by Crippen LogP contribution is -2.48. The maximum Gasteiger partial charge on any atom is 0.223 e. The fraction of sp³-hybridized carbons (Fsp3) is 0.545. The van der Waals surface area contributed by atoms with E-state index in [-0.39, 0.29) is 23.8 Å². The second-order valence-corrected chi connectivity index (χ2v) is 8.69. The molecule has 4 rings (SSSR count). The molecule has 166 valence electrons. The molecule has 9 nitrogen and oxygen atoms in total. The molecule has 0 radical (unpaired) electrons. The van der Waals surface area contributed by atoms with Gasteiger partial charge in [0.1, 0.15) is 11.6 Å². The third kappa shape index (κ3) is 4.87. The third-order valence-corrected chi connectivity index (χ3v) is 6.39. The highest BCUT2D eigenvalue weighted by Gasteiger charge is 2.28. The van der Waals surface area contributed by atoms with E-state index in [0.29, 0.717) is 5.82 Å². The van der Waals surface area contributed by atoms with Crippen molar-refractivity contribution in [2.24, 2.45) is 5.92 Å². The van der Waals surface area contributed by atoms with Gasteiger partial charge in [-0.25, -0.2) is 9.97 Å². The first-order valence-corrected chi connectivity index (χ1v) is 11.0. The van der Waals surface area contributed by atoms with Crippen LogP contribution in [0.4, 0.5) is 17.6 Å². The van der Waals surface area contributed by atoms with Gasteiger partial charge in [-0.2, -0.15) is 4.98 Å². The molecule has 0 saturated carbocycles. The van der Waals surface area contributed by atoms with Crippen LogP contribution in [0.3, 0.4) is 0 Å². The number of likely N-dealkylation sites (tertiary alicyclic amines) is 1. The highest BCUT2D eigenvalue weighted by atomic mass is 16.2. The Morgan fingerprint density at radius 2 is 1.77 bits per heavy atom. The van der Waals surface area contributed by atoms with Crippen LogP contribution in [-0.4, -0.2) is 65.0 Å². The summed E-state index contributed by atoms with van der Waals surface area (Å²) < 4.78 is 0. The maximum absolute atomic E-state index is 12.7. The van der Waals surface area contributed by atoms with Crippen LogP contribution < -0.4 is 21.7 Å². The number of piperidine rings is 2. The summed E-state index contributed by atoms with van der Waals surface area (Å²) in [5.41, 5.74) is 14.4. The van der Waals surface area contributed by atoms with E-state index in [1.807, 2.05) is 13.0 Å². The van der Waals surface area contributed by atoms with Crippen LogP contribution in [0.1, 0.15) is 31.4 Å². The molecule has 4 heterocycles. The van der Waals surface area contributed by atoms with Crippen molar-refractivity contribution >= 4 is 23.5 Å². The van der Waals surface area contributed by atoms with E-state index in [9.17, 15) is 4.79 Å². The smallest absolute Gasteiger partial charge is 0.223 e. The third-order valence-electron chi connectivity index (χ3n) is 6.39. The molecule has 2 fully saturated rings. The molecule has 2 aliphatic heterocycles. The number of carbonyl (C=O) groups is 1. The average Bonchev–Trinajstić information content (AvgIpc) is 2.75. The summed E-state index contributed by atoms with van der Waals surface area (Å²) in [6.45, 7) is 5.51. The summed E-state index contributed by atoms with van der Waals surface area (Å²) in [5, 5.41) is 3.29. The Hall–Kier alpha value is -2.94. The Morgan fingerprint density at radius 3 is 2.42 bits per heavy atom. The van der Waals surface area contributed by atoms with Crippen LogP contribution in [0.5, 0.6) is 0 Å². The van der Waals surface area contributed by atoms with Crippen LogP contribution in [0.2, 0.25) is 0 Å². The molecule has 31 heavy (non-hydrogen) atoms. The molecule has 0 spiro atoms. The number of carbonyl (C=O) groups excluding carboxylic acids is 1. The molecule has 0 aromatic carbocycles. The van der Waals surface area contributed by atoms with Gasteiger partial charge >= 0.3 is 0 Å². The summed E-state index contributed by atoms with van der Waals surface area (Å²) in [7, 11) is 2.11. The molecule has 1 amide bonds. The number of aryl methyl sites for hydroxylation is 1. The molecule has 5 N–H and O–H groups in total. The summed E-state index contributed by atoms with van der Waals surface area (Å²) in [5.74, 6) is 1.90. The lowest BCUT2D eigenvalue weighted by atomic mass is 9.95. The normalized spacial score (nSPS) is 18.8. The number of hydrogen-bond donors (Lipinski definition) is 3. The average molecular weight is 425 g/mol.